The second kappa shape index (κ2) is 4.54. The van der Waals surface area contributed by atoms with Crippen molar-refractivity contribution in [2.24, 2.45) is 28.6 Å². The molecule has 1 saturated heterocycles. The Kier molecular flexibility index (Phi) is 2.94. The maximum Gasteiger partial charge on any atom is 0.164 e. The van der Waals surface area contributed by atoms with Crippen molar-refractivity contribution < 1.29 is 14.6 Å². The van der Waals surface area contributed by atoms with Gasteiger partial charge in [0.05, 0.1) is 6.10 Å². The van der Waals surface area contributed by atoms with E-state index >= 15 is 0 Å². The third kappa shape index (κ3) is 1.69. The van der Waals surface area contributed by atoms with E-state index in [1.807, 2.05) is 0 Å². The van der Waals surface area contributed by atoms with E-state index in [9.17, 15) is 9.90 Å². The van der Waals surface area contributed by atoms with Gasteiger partial charge in [-0.15, -0.1) is 0 Å². The van der Waals surface area contributed by atoms with Gasteiger partial charge >= 0.3 is 0 Å². The molecule has 0 unspecified atom stereocenters. The zero-order valence-corrected chi connectivity index (χ0v) is 15.2. The average molecular weight is 330 g/mol. The fourth-order valence-corrected chi connectivity index (χ4v) is 7.44. The Morgan fingerprint density at radius 2 is 2.04 bits per heavy atom. The van der Waals surface area contributed by atoms with Crippen molar-refractivity contribution in [1.82, 2.24) is 0 Å². The van der Waals surface area contributed by atoms with Gasteiger partial charge in [0, 0.05) is 5.41 Å². The molecule has 1 aliphatic heterocycles. The maximum atomic E-state index is 12.2. The number of fused-ring (bicyclic) bond motifs is 7. The second-order valence-electron chi connectivity index (χ2n) is 9.85. The summed E-state index contributed by atoms with van der Waals surface area (Å²) in [6.45, 7) is 6.57. The number of aliphatic hydroxyl groups excluding tert-OH is 1. The summed E-state index contributed by atoms with van der Waals surface area (Å²) in [6.07, 6.45) is 10.0. The standard InChI is InChI=1S/C21H30O3/c1-12(22)21-11-17-15-5-4-13-10-14(23)6-8-19(13,2)16(15)7-9-20(17,3)18(21)24-21/h4,14-18,23H,5-11H2,1-3H3/t14-,15-,16+,17+,18+,19-,20-,21+/m0/s1. The van der Waals surface area contributed by atoms with E-state index < -0.39 is 5.60 Å². The van der Waals surface area contributed by atoms with Crippen LogP contribution in [0.2, 0.25) is 0 Å². The van der Waals surface area contributed by atoms with E-state index in [1.165, 1.54) is 18.4 Å². The topological polar surface area (TPSA) is 49.8 Å². The van der Waals surface area contributed by atoms with E-state index in [0.29, 0.717) is 11.8 Å². The number of carbonyl (C=O) groups excluding carboxylic acids is 1. The predicted molar refractivity (Wildman–Crippen MR) is 91.4 cm³/mol. The van der Waals surface area contributed by atoms with Gasteiger partial charge in [-0.05, 0) is 75.0 Å². The van der Waals surface area contributed by atoms with E-state index in [4.69, 9.17) is 4.74 Å². The van der Waals surface area contributed by atoms with Crippen molar-refractivity contribution in [2.75, 3.05) is 0 Å². The number of rotatable bonds is 1. The second-order valence-corrected chi connectivity index (χ2v) is 9.85. The summed E-state index contributed by atoms with van der Waals surface area (Å²) in [5.41, 5.74) is 1.57. The van der Waals surface area contributed by atoms with Gasteiger partial charge in [-0.2, -0.15) is 0 Å². The van der Waals surface area contributed by atoms with E-state index in [0.717, 1.165) is 38.0 Å². The smallest absolute Gasteiger partial charge is 0.164 e. The highest BCUT2D eigenvalue weighted by atomic mass is 16.6. The van der Waals surface area contributed by atoms with Crippen LogP contribution in [0.3, 0.4) is 0 Å². The largest absolute Gasteiger partial charge is 0.393 e. The molecule has 0 bridgehead atoms. The molecule has 0 spiro atoms. The van der Waals surface area contributed by atoms with Crippen LogP contribution >= 0.6 is 0 Å². The van der Waals surface area contributed by atoms with Crippen molar-refractivity contribution in [3.05, 3.63) is 11.6 Å². The molecule has 3 saturated carbocycles. The lowest BCUT2D eigenvalue weighted by molar-refractivity contribution is -0.123. The van der Waals surface area contributed by atoms with E-state index in [1.54, 1.807) is 6.92 Å². The molecule has 0 radical (unpaired) electrons. The van der Waals surface area contributed by atoms with Crippen molar-refractivity contribution in [3.8, 4) is 0 Å². The van der Waals surface area contributed by atoms with Crippen molar-refractivity contribution in [3.63, 3.8) is 0 Å². The lowest BCUT2D eigenvalue weighted by atomic mass is 9.48. The van der Waals surface area contributed by atoms with Crippen LogP contribution in [0.15, 0.2) is 11.6 Å². The predicted octanol–water partition coefficient (Wildman–Crippen LogP) is 3.65. The Balaban J connectivity index is 1.50. The minimum absolute atomic E-state index is 0.136. The number of aliphatic hydroxyl groups is 1. The Bertz CT molecular complexity index is 639. The van der Waals surface area contributed by atoms with Crippen LogP contribution in [0.1, 0.15) is 65.7 Å². The van der Waals surface area contributed by atoms with Gasteiger partial charge in [-0.1, -0.05) is 25.5 Å². The first-order valence-electron chi connectivity index (χ1n) is 9.88. The molecule has 5 rings (SSSR count). The van der Waals surface area contributed by atoms with Gasteiger partial charge < -0.3 is 9.84 Å². The van der Waals surface area contributed by atoms with Crippen LogP contribution in [-0.2, 0) is 9.53 Å². The van der Waals surface area contributed by atoms with E-state index in [-0.39, 0.29) is 28.8 Å². The molecule has 3 heteroatoms. The number of carbonyl (C=O) groups is 1. The highest BCUT2D eigenvalue weighted by molar-refractivity contribution is 5.89. The van der Waals surface area contributed by atoms with Crippen molar-refractivity contribution in [1.29, 1.82) is 0 Å². The molecule has 0 amide bonds. The lowest BCUT2D eigenvalue weighted by Crippen LogP contribution is -2.50. The minimum atomic E-state index is -0.429. The van der Waals surface area contributed by atoms with Gasteiger partial charge in [0.15, 0.2) is 11.4 Å². The zero-order chi connectivity index (χ0) is 16.9. The average Bonchev–Trinajstić information content (AvgIpc) is 3.22. The first-order chi connectivity index (χ1) is 11.3. The summed E-state index contributed by atoms with van der Waals surface area (Å²) in [6, 6.07) is 0. The summed E-state index contributed by atoms with van der Waals surface area (Å²) in [4.78, 5) is 12.2. The summed E-state index contributed by atoms with van der Waals surface area (Å²) < 4.78 is 6.00. The molecule has 24 heavy (non-hydrogen) atoms. The number of hydrogen-bond acceptors (Lipinski definition) is 3. The Morgan fingerprint density at radius 3 is 2.79 bits per heavy atom. The van der Waals surface area contributed by atoms with Crippen LogP contribution in [0.25, 0.3) is 0 Å². The Morgan fingerprint density at radius 1 is 1.25 bits per heavy atom. The first kappa shape index (κ1) is 15.6. The molecule has 3 nitrogen and oxygen atoms in total. The molecule has 0 aromatic heterocycles. The van der Waals surface area contributed by atoms with Crippen LogP contribution in [-0.4, -0.2) is 28.7 Å². The molecule has 1 N–H and O–H groups in total. The van der Waals surface area contributed by atoms with Gasteiger partial charge in [0.25, 0.3) is 0 Å². The fourth-order valence-electron chi connectivity index (χ4n) is 7.44. The molecule has 1 heterocycles. The number of allylic oxidation sites excluding steroid dienone is 1. The number of hydrogen-bond donors (Lipinski definition) is 1. The quantitative estimate of drug-likeness (QED) is 0.590. The summed E-state index contributed by atoms with van der Waals surface area (Å²) >= 11 is 0. The molecular weight excluding hydrogens is 300 g/mol. The molecule has 8 atom stereocenters. The third-order valence-electron chi connectivity index (χ3n) is 8.93. The highest BCUT2D eigenvalue weighted by Gasteiger charge is 2.77. The summed E-state index contributed by atoms with van der Waals surface area (Å²) in [5, 5.41) is 10.1. The van der Waals surface area contributed by atoms with Crippen molar-refractivity contribution in [2.45, 2.75) is 83.5 Å². The highest BCUT2D eigenvalue weighted by Crippen LogP contribution is 2.72. The number of ketones is 1. The van der Waals surface area contributed by atoms with Gasteiger partial charge in [-0.3, -0.25) is 4.79 Å². The normalized spacial score (nSPS) is 58.0. The van der Waals surface area contributed by atoms with Crippen LogP contribution in [0, 0.1) is 28.6 Å². The van der Waals surface area contributed by atoms with Crippen LogP contribution in [0.4, 0.5) is 0 Å². The molecule has 4 aliphatic carbocycles. The molecule has 132 valence electrons. The van der Waals surface area contributed by atoms with Gasteiger partial charge in [0.2, 0.25) is 0 Å². The van der Waals surface area contributed by atoms with Crippen LogP contribution < -0.4 is 0 Å². The molecule has 4 fully saturated rings. The summed E-state index contributed by atoms with van der Waals surface area (Å²) in [5.74, 6) is 2.30. The molecule has 0 aromatic carbocycles. The number of ether oxygens (including phenoxy) is 1. The molecule has 5 aliphatic rings. The lowest BCUT2D eigenvalue weighted by Gasteiger charge is -2.57. The van der Waals surface area contributed by atoms with Gasteiger partial charge in [-0.25, -0.2) is 0 Å². The van der Waals surface area contributed by atoms with Crippen LogP contribution in [0.5, 0.6) is 0 Å². The monoisotopic (exact) mass is 330 g/mol. The molecular formula is C21H30O3. The van der Waals surface area contributed by atoms with E-state index in [2.05, 4.69) is 19.9 Å². The zero-order valence-electron chi connectivity index (χ0n) is 15.2. The number of Topliss-reactive ketones (excluding diaryl/α,β-unsaturated/α-hetero) is 1. The first-order valence-corrected chi connectivity index (χ1v) is 9.88. The minimum Gasteiger partial charge on any atom is -0.393 e. The van der Waals surface area contributed by atoms with Crippen molar-refractivity contribution >= 4 is 5.78 Å². The fraction of sp³-hybridized carbons (Fsp3) is 0.857. The van der Waals surface area contributed by atoms with Gasteiger partial charge in [0.1, 0.15) is 6.10 Å². The SMILES string of the molecule is CC(=O)[C@]12C[C@@H]3[C@H]4CC=C5C[C@@H](O)CC[C@]5(C)[C@@H]4CC[C@]3(C)[C@H]1O2. The summed E-state index contributed by atoms with van der Waals surface area (Å²) in [7, 11) is 0. The third-order valence-corrected chi connectivity index (χ3v) is 8.93. The maximum absolute atomic E-state index is 12.2. The number of epoxide rings is 1. The Labute approximate surface area is 144 Å². The molecule has 0 aromatic rings. The Hall–Kier alpha value is -0.670.